The molecule has 6 nitrogen and oxygen atoms in total. The maximum absolute atomic E-state index is 5.55. The SMILES string of the molecule is CC(C)Cn1ncnc1CC(CN(C)C)NN. The van der Waals surface area contributed by atoms with Gasteiger partial charge in [0.1, 0.15) is 12.2 Å². The first-order chi connectivity index (χ1) is 8.02. The lowest BCUT2D eigenvalue weighted by Crippen LogP contribution is -2.44. The van der Waals surface area contributed by atoms with Crippen LogP contribution in [0.2, 0.25) is 0 Å². The van der Waals surface area contributed by atoms with E-state index in [1.165, 1.54) is 0 Å². The summed E-state index contributed by atoms with van der Waals surface area (Å²) in [7, 11) is 4.06. The largest absolute Gasteiger partial charge is 0.308 e. The molecule has 0 saturated carbocycles. The second-order valence-electron chi connectivity index (χ2n) is 5.08. The fraction of sp³-hybridized carbons (Fsp3) is 0.818. The van der Waals surface area contributed by atoms with Crippen LogP contribution < -0.4 is 11.3 Å². The van der Waals surface area contributed by atoms with Crippen molar-refractivity contribution >= 4 is 0 Å². The molecule has 1 unspecified atom stereocenters. The topological polar surface area (TPSA) is 72.0 Å². The summed E-state index contributed by atoms with van der Waals surface area (Å²) in [5.41, 5.74) is 2.83. The zero-order valence-corrected chi connectivity index (χ0v) is 11.2. The monoisotopic (exact) mass is 240 g/mol. The number of hydrazine groups is 1. The molecule has 0 aliphatic heterocycles. The van der Waals surface area contributed by atoms with E-state index in [-0.39, 0.29) is 6.04 Å². The molecule has 1 aromatic rings. The molecule has 1 rings (SSSR count). The second kappa shape index (κ2) is 6.68. The lowest BCUT2D eigenvalue weighted by Gasteiger charge is -2.20. The Morgan fingerprint density at radius 2 is 2.18 bits per heavy atom. The molecule has 1 atom stereocenters. The van der Waals surface area contributed by atoms with Crippen LogP contribution >= 0.6 is 0 Å². The molecular formula is C11H24N6. The molecule has 0 radical (unpaired) electrons. The molecule has 0 aromatic carbocycles. The lowest BCUT2D eigenvalue weighted by atomic mass is 10.2. The van der Waals surface area contributed by atoms with Crippen LogP contribution in [0.25, 0.3) is 0 Å². The highest BCUT2D eigenvalue weighted by molar-refractivity contribution is 4.90. The molecule has 0 aliphatic rings. The fourth-order valence-electron chi connectivity index (χ4n) is 1.78. The van der Waals surface area contributed by atoms with Crippen molar-refractivity contribution in [3.63, 3.8) is 0 Å². The number of nitrogens with one attached hydrogen (secondary N) is 1. The van der Waals surface area contributed by atoms with Crippen molar-refractivity contribution in [2.24, 2.45) is 11.8 Å². The van der Waals surface area contributed by atoms with Gasteiger partial charge in [0.05, 0.1) is 0 Å². The van der Waals surface area contributed by atoms with E-state index in [0.717, 1.165) is 25.3 Å². The summed E-state index contributed by atoms with van der Waals surface area (Å²) in [4.78, 5) is 6.41. The summed E-state index contributed by atoms with van der Waals surface area (Å²) >= 11 is 0. The molecule has 6 heteroatoms. The van der Waals surface area contributed by atoms with Gasteiger partial charge in [0, 0.05) is 25.6 Å². The van der Waals surface area contributed by atoms with E-state index in [1.807, 2.05) is 18.8 Å². The average molecular weight is 240 g/mol. The minimum absolute atomic E-state index is 0.195. The fourth-order valence-corrected chi connectivity index (χ4v) is 1.78. The third kappa shape index (κ3) is 4.80. The van der Waals surface area contributed by atoms with Crippen molar-refractivity contribution in [3.8, 4) is 0 Å². The molecule has 17 heavy (non-hydrogen) atoms. The van der Waals surface area contributed by atoms with Crippen LogP contribution in [0.15, 0.2) is 6.33 Å². The van der Waals surface area contributed by atoms with Gasteiger partial charge < -0.3 is 4.90 Å². The Morgan fingerprint density at radius 1 is 1.47 bits per heavy atom. The van der Waals surface area contributed by atoms with Gasteiger partial charge in [-0.25, -0.2) is 9.67 Å². The first-order valence-corrected chi connectivity index (χ1v) is 6.00. The van der Waals surface area contributed by atoms with E-state index in [0.29, 0.717) is 5.92 Å². The number of hydrogen-bond acceptors (Lipinski definition) is 5. The molecule has 1 heterocycles. The van der Waals surface area contributed by atoms with Crippen LogP contribution in [0.3, 0.4) is 0 Å². The van der Waals surface area contributed by atoms with Crippen LogP contribution in [-0.4, -0.2) is 46.3 Å². The first kappa shape index (κ1) is 14.1. The Hall–Kier alpha value is -0.980. The van der Waals surface area contributed by atoms with E-state index in [2.05, 4.69) is 34.3 Å². The minimum Gasteiger partial charge on any atom is -0.308 e. The Kier molecular flexibility index (Phi) is 5.54. The van der Waals surface area contributed by atoms with E-state index in [9.17, 15) is 0 Å². The second-order valence-corrected chi connectivity index (χ2v) is 5.08. The van der Waals surface area contributed by atoms with Gasteiger partial charge in [-0.1, -0.05) is 13.8 Å². The van der Waals surface area contributed by atoms with Crippen molar-refractivity contribution in [3.05, 3.63) is 12.2 Å². The molecule has 98 valence electrons. The molecule has 3 N–H and O–H groups in total. The van der Waals surface area contributed by atoms with Crippen LogP contribution in [0.4, 0.5) is 0 Å². The maximum Gasteiger partial charge on any atom is 0.138 e. The van der Waals surface area contributed by atoms with Crippen molar-refractivity contribution in [1.29, 1.82) is 0 Å². The Balaban J connectivity index is 2.62. The molecule has 0 saturated heterocycles. The molecule has 0 bridgehead atoms. The molecule has 0 fully saturated rings. The molecule has 0 amide bonds. The van der Waals surface area contributed by atoms with Gasteiger partial charge in [-0.15, -0.1) is 0 Å². The summed E-state index contributed by atoms with van der Waals surface area (Å²) in [5.74, 6) is 7.11. The highest BCUT2D eigenvalue weighted by atomic mass is 15.3. The van der Waals surface area contributed by atoms with Gasteiger partial charge in [0.2, 0.25) is 0 Å². The quantitative estimate of drug-likeness (QED) is 0.513. The molecular weight excluding hydrogens is 216 g/mol. The number of likely N-dealkylation sites (N-methyl/N-ethyl adjacent to an activating group) is 1. The Labute approximate surface area is 103 Å². The third-order valence-corrected chi connectivity index (χ3v) is 2.48. The van der Waals surface area contributed by atoms with Crippen molar-refractivity contribution < 1.29 is 0 Å². The summed E-state index contributed by atoms with van der Waals surface area (Å²) in [6, 6.07) is 0.195. The summed E-state index contributed by atoms with van der Waals surface area (Å²) in [6.07, 6.45) is 2.41. The van der Waals surface area contributed by atoms with Gasteiger partial charge in [-0.3, -0.25) is 11.3 Å². The lowest BCUT2D eigenvalue weighted by molar-refractivity contribution is 0.330. The van der Waals surface area contributed by atoms with Crippen molar-refractivity contribution in [2.75, 3.05) is 20.6 Å². The van der Waals surface area contributed by atoms with Gasteiger partial charge in [0.15, 0.2) is 0 Å². The molecule has 1 aromatic heterocycles. The van der Waals surface area contributed by atoms with E-state index >= 15 is 0 Å². The predicted molar refractivity (Wildman–Crippen MR) is 68.2 cm³/mol. The van der Waals surface area contributed by atoms with Crippen LogP contribution in [-0.2, 0) is 13.0 Å². The van der Waals surface area contributed by atoms with Gasteiger partial charge in [-0.2, -0.15) is 5.10 Å². The van der Waals surface area contributed by atoms with Crippen molar-refractivity contribution in [1.82, 2.24) is 25.1 Å². The number of hydrogen-bond donors (Lipinski definition) is 2. The van der Waals surface area contributed by atoms with Crippen LogP contribution in [0.1, 0.15) is 19.7 Å². The van der Waals surface area contributed by atoms with Crippen molar-refractivity contribution in [2.45, 2.75) is 32.9 Å². The predicted octanol–water partition coefficient (Wildman–Crippen LogP) is -0.130. The highest BCUT2D eigenvalue weighted by Crippen LogP contribution is 2.04. The highest BCUT2D eigenvalue weighted by Gasteiger charge is 2.13. The van der Waals surface area contributed by atoms with Gasteiger partial charge >= 0.3 is 0 Å². The normalized spacial score (nSPS) is 13.6. The molecule has 0 spiro atoms. The van der Waals surface area contributed by atoms with E-state index < -0.39 is 0 Å². The van der Waals surface area contributed by atoms with Crippen LogP contribution in [0, 0.1) is 5.92 Å². The summed E-state index contributed by atoms with van der Waals surface area (Å²) in [5, 5.41) is 4.25. The van der Waals surface area contributed by atoms with Gasteiger partial charge in [0.25, 0.3) is 0 Å². The minimum atomic E-state index is 0.195. The Bertz CT molecular complexity index is 320. The summed E-state index contributed by atoms with van der Waals surface area (Å²) < 4.78 is 1.96. The number of aromatic nitrogens is 3. The Morgan fingerprint density at radius 3 is 2.71 bits per heavy atom. The van der Waals surface area contributed by atoms with Gasteiger partial charge in [-0.05, 0) is 20.0 Å². The summed E-state index contributed by atoms with van der Waals surface area (Å²) in [6.45, 7) is 6.12. The zero-order chi connectivity index (χ0) is 12.8. The molecule has 0 aliphatic carbocycles. The standard InChI is InChI=1S/C11H24N6/c1-9(2)6-17-11(13-8-14-17)5-10(15-12)7-16(3)4/h8-10,15H,5-7,12H2,1-4H3. The first-order valence-electron chi connectivity index (χ1n) is 6.00. The smallest absolute Gasteiger partial charge is 0.138 e. The van der Waals surface area contributed by atoms with Crippen LogP contribution in [0.5, 0.6) is 0 Å². The zero-order valence-electron chi connectivity index (χ0n) is 11.2. The van der Waals surface area contributed by atoms with E-state index in [4.69, 9.17) is 5.84 Å². The maximum atomic E-state index is 5.55. The number of nitrogens with zero attached hydrogens (tertiary/aromatic N) is 4. The number of nitrogens with two attached hydrogens (primary N) is 1. The average Bonchev–Trinajstić information content (AvgIpc) is 2.63. The third-order valence-electron chi connectivity index (χ3n) is 2.48. The number of rotatable bonds is 7. The van der Waals surface area contributed by atoms with E-state index in [1.54, 1.807) is 6.33 Å².